The second-order valence-corrected chi connectivity index (χ2v) is 12.7. The molecule has 278 valence electrons. The SMILES string of the molecule is CC(C)C[C@H](NC(=O)[C@H](CCC(N)=O)NC(=O)[C@H](C)NC(=O)[C@@H](NC(=O)[C@@H](NC(=O)[C@@H]1CCCN1)[C@@H](C)O)[C@@H](C)O)C(=O)N[C@@H](C)C(=O)O. The first-order valence-electron chi connectivity index (χ1n) is 16.2. The summed E-state index contributed by atoms with van der Waals surface area (Å²) in [5, 5.41) is 46.7. The Labute approximate surface area is 284 Å². The number of aliphatic hydroxyl groups is 2. The largest absolute Gasteiger partial charge is 0.480 e. The van der Waals surface area contributed by atoms with Gasteiger partial charge in [-0.1, -0.05) is 13.8 Å². The summed E-state index contributed by atoms with van der Waals surface area (Å²) in [6.45, 7) is 9.08. The maximum absolute atomic E-state index is 13.3. The van der Waals surface area contributed by atoms with Gasteiger partial charge in [0.05, 0.1) is 18.2 Å². The molecule has 0 aliphatic carbocycles. The molecule has 1 rings (SSSR count). The molecule has 12 N–H and O–H groups in total. The standard InChI is InChI=1S/C30H52N8O11/c1-13(2)12-20(27(45)34-15(4)30(48)49)36-26(44)19(9-10-21(31)41)35-24(42)14(3)33-28(46)22(16(5)39)38-29(47)23(17(6)40)37-25(43)18-8-7-11-32-18/h13-20,22-23,32,39-40H,7-12H2,1-6H3,(H2,31,41)(H,33,46)(H,34,45)(H,35,42)(H,36,44)(H,37,43)(H,38,47)(H,48,49)/t14-,15-,16+,17+,18-,19-,20-,22-,23-/m0/s1. The van der Waals surface area contributed by atoms with Crippen molar-refractivity contribution >= 4 is 47.3 Å². The second kappa shape index (κ2) is 20.2. The Morgan fingerprint density at radius 2 is 1.20 bits per heavy atom. The highest BCUT2D eigenvalue weighted by Crippen LogP contribution is 2.09. The van der Waals surface area contributed by atoms with Crippen LogP contribution in [0.2, 0.25) is 0 Å². The fourth-order valence-electron chi connectivity index (χ4n) is 4.79. The number of hydrogen-bond donors (Lipinski definition) is 11. The predicted octanol–water partition coefficient (Wildman–Crippen LogP) is -4.16. The van der Waals surface area contributed by atoms with Crippen LogP contribution in [0, 0.1) is 5.92 Å². The number of carbonyl (C=O) groups is 8. The number of amides is 7. The molecule has 0 saturated carbocycles. The Morgan fingerprint density at radius 3 is 1.69 bits per heavy atom. The number of nitrogens with two attached hydrogens (primary N) is 1. The molecule has 9 atom stereocenters. The van der Waals surface area contributed by atoms with Crippen LogP contribution in [0.4, 0.5) is 0 Å². The van der Waals surface area contributed by atoms with Gasteiger partial charge in [0.2, 0.25) is 41.4 Å². The predicted molar refractivity (Wildman–Crippen MR) is 173 cm³/mol. The van der Waals surface area contributed by atoms with Gasteiger partial charge >= 0.3 is 5.97 Å². The molecule has 49 heavy (non-hydrogen) atoms. The maximum Gasteiger partial charge on any atom is 0.325 e. The van der Waals surface area contributed by atoms with Gasteiger partial charge in [-0.05, 0) is 65.8 Å². The molecule has 19 heteroatoms. The Kier molecular flexibility index (Phi) is 17.6. The van der Waals surface area contributed by atoms with E-state index in [4.69, 9.17) is 10.8 Å². The first kappa shape index (κ1) is 42.7. The number of carboxylic acid groups (broad SMARTS) is 1. The quantitative estimate of drug-likeness (QED) is 0.0577. The number of aliphatic hydroxyl groups excluding tert-OH is 2. The summed E-state index contributed by atoms with van der Waals surface area (Å²) < 4.78 is 0. The van der Waals surface area contributed by atoms with Gasteiger partial charge in [-0.25, -0.2) is 0 Å². The van der Waals surface area contributed by atoms with E-state index in [1.54, 1.807) is 13.8 Å². The fourth-order valence-corrected chi connectivity index (χ4v) is 4.79. The molecule has 0 spiro atoms. The van der Waals surface area contributed by atoms with E-state index < -0.39 is 102 Å². The minimum atomic E-state index is -1.64. The van der Waals surface area contributed by atoms with E-state index in [2.05, 4.69) is 37.2 Å². The van der Waals surface area contributed by atoms with Gasteiger partial charge < -0.3 is 58.3 Å². The van der Waals surface area contributed by atoms with Crippen molar-refractivity contribution < 1.29 is 53.7 Å². The Bertz CT molecular complexity index is 1210. The number of carbonyl (C=O) groups excluding carboxylic acids is 7. The molecule has 1 aliphatic heterocycles. The molecule has 0 unspecified atom stereocenters. The van der Waals surface area contributed by atoms with Crippen molar-refractivity contribution in [2.75, 3.05) is 6.54 Å². The van der Waals surface area contributed by atoms with Gasteiger partial charge in [0, 0.05) is 6.42 Å². The van der Waals surface area contributed by atoms with Gasteiger partial charge in [-0.3, -0.25) is 38.4 Å². The van der Waals surface area contributed by atoms with Crippen LogP contribution in [0.15, 0.2) is 0 Å². The lowest BCUT2D eigenvalue weighted by Crippen LogP contribution is -2.62. The summed E-state index contributed by atoms with van der Waals surface area (Å²) in [6.07, 6.45) is -2.11. The topological polar surface area (TPSA) is 307 Å². The molecule has 0 aromatic rings. The summed E-state index contributed by atoms with van der Waals surface area (Å²) in [6, 6.07) is -8.91. The van der Waals surface area contributed by atoms with Crippen molar-refractivity contribution in [3.8, 4) is 0 Å². The summed E-state index contributed by atoms with van der Waals surface area (Å²) in [5.74, 6) is -7.31. The molecular weight excluding hydrogens is 648 g/mol. The third-order valence-electron chi connectivity index (χ3n) is 7.64. The average molecular weight is 701 g/mol. The number of aliphatic carboxylic acids is 1. The van der Waals surface area contributed by atoms with Crippen LogP contribution < -0.4 is 43.0 Å². The summed E-state index contributed by atoms with van der Waals surface area (Å²) >= 11 is 0. The molecule has 1 heterocycles. The first-order chi connectivity index (χ1) is 22.7. The zero-order valence-corrected chi connectivity index (χ0v) is 28.7. The van der Waals surface area contributed by atoms with Crippen LogP contribution in [0.5, 0.6) is 0 Å². The smallest absolute Gasteiger partial charge is 0.325 e. The van der Waals surface area contributed by atoms with E-state index in [9.17, 15) is 48.6 Å². The molecule has 0 aromatic carbocycles. The summed E-state index contributed by atoms with van der Waals surface area (Å²) in [4.78, 5) is 100. The van der Waals surface area contributed by atoms with E-state index in [0.717, 1.165) is 6.42 Å². The van der Waals surface area contributed by atoms with Crippen molar-refractivity contribution in [1.29, 1.82) is 0 Å². The van der Waals surface area contributed by atoms with Crippen molar-refractivity contribution in [1.82, 2.24) is 37.2 Å². The Hall–Kier alpha value is -4.36. The fraction of sp³-hybridized carbons (Fsp3) is 0.733. The van der Waals surface area contributed by atoms with Gasteiger partial charge in [-0.2, -0.15) is 0 Å². The third kappa shape index (κ3) is 14.7. The lowest BCUT2D eigenvalue weighted by Gasteiger charge is -2.28. The normalized spacial score (nSPS) is 19.1. The van der Waals surface area contributed by atoms with Crippen LogP contribution in [0.25, 0.3) is 0 Å². The van der Waals surface area contributed by atoms with Gasteiger partial charge in [0.1, 0.15) is 36.3 Å². The number of hydrogen-bond acceptors (Lipinski definition) is 11. The number of nitrogens with one attached hydrogen (secondary N) is 7. The summed E-state index contributed by atoms with van der Waals surface area (Å²) in [5.41, 5.74) is 5.24. The van der Waals surface area contributed by atoms with Crippen molar-refractivity contribution in [3.05, 3.63) is 0 Å². The third-order valence-corrected chi connectivity index (χ3v) is 7.64. The van der Waals surface area contributed by atoms with Crippen LogP contribution >= 0.6 is 0 Å². The monoisotopic (exact) mass is 700 g/mol. The van der Waals surface area contributed by atoms with E-state index in [1.807, 2.05) is 0 Å². The molecular formula is C30H52N8O11. The van der Waals surface area contributed by atoms with Crippen LogP contribution in [0.1, 0.15) is 73.6 Å². The Morgan fingerprint density at radius 1 is 0.694 bits per heavy atom. The highest BCUT2D eigenvalue weighted by atomic mass is 16.4. The van der Waals surface area contributed by atoms with Gasteiger partial charge in [0.25, 0.3) is 0 Å². The molecule has 0 bridgehead atoms. The summed E-state index contributed by atoms with van der Waals surface area (Å²) in [7, 11) is 0. The lowest BCUT2D eigenvalue weighted by atomic mass is 10.0. The second-order valence-electron chi connectivity index (χ2n) is 12.7. The number of carboxylic acids is 1. The van der Waals surface area contributed by atoms with E-state index in [1.165, 1.54) is 27.7 Å². The highest BCUT2D eigenvalue weighted by molar-refractivity contribution is 5.97. The lowest BCUT2D eigenvalue weighted by molar-refractivity contribution is -0.142. The molecule has 0 radical (unpaired) electrons. The minimum absolute atomic E-state index is 0.108. The van der Waals surface area contributed by atoms with Crippen LogP contribution in [-0.4, -0.2) is 124 Å². The molecule has 19 nitrogen and oxygen atoms in total. The molecule has 1 saturated heterocycles. The first-order valence-corrected chi connectivity index (χ1v) is 16.2. The minimum Gasteiger partial charge on any atom is -0.480 e. The zero-order valence-electron chi connectivity index (χ0n) is 28.7. The Balaban J connectivity index is 3.02. The maximum atomic E-state index is 13.3. The zero-order chi connectivity index (χ0) is 37.6. The average Bonchev–Trinajstić information content (AvgIpc) is 3.54. The molecule has 0 aromatic heterocycles. The van der Waals surface area contributed by atoms with Gasteiger partial charge in [-0.15, -0.1) is 0 Å². The van der Waals surface area contributed by atoms with Crippen LogP contribution in [0.3, 0.4) is 0 Å². The molecule has 7 amide bonds. The molecule has 1 fully saturated rings. The number of rotatable bonds is 20. The van der Waals surface area contributed by atoms with Gasteiger partial charge in [0.15, 0.2) is 0 Å². The molecule has 1 aliphatic rings. The van der Waals surface area contributed by atoms with Crippen molar-refractivity contribution in [2.24, 2.45) is 11.7 Å². The van der Waals surface area contributed by atoms with E-state index >= 15 is 0 Å². The van der Waals surface area contributed by atoms with E-state index in [0.29, 0.717) is 13.0 Å². The number of primary amides is 1. The van der Waals surface area contributed by atoms with Crippen molar-refractivity contribution in [2.45, 2.75) is 128 Å². The van der Waals surface area contributed by atoms with E-state index in [-0.39, 0.29) is 25.2 Å². The van der Waals surface area contributed by atoms with Crippen LogP contribution in [-0.2, 0) is 38.4 Å². The van der Waals surface area contributed by atoms with Crippen molar-refractivity contribution in [3.63, 3.8) is 0 Å². The highest BCUT2D eigenvalue weighted by Gasteiger charge is 2.35.